The largest absolute Gasteiger partial charge is 0.337 e. The van der Waals surface area contributed by atoms with Gasteiger partial charge in [0, 0.05) is 31.2 Å². The van der Waals surface area contributed by atoms with Gasteiger partial charge in [-0.1, -0.05) is 0 Å². The van der Waals surface area contributed by atoms with Crippen molar-refractivity contribution in [3.8, 4) is 0 Å². The van der Waals surface area contributed by atoms with Crippen LogP contribution in [0.15, 0.2) is 0 Å². The van der Waals surface area contributed by atoms with Crippen LogP contribution in [-0.2, 0) is 4.79 Å². The number of likely N-dealkylation sites (tertiary alicyclic amines) is 1. The van der Waals surface area contributed by atoms with Crippen molar-refractivity contribution in [1.82, 2.24) is 15.1 Å². The molecule has 0 radical (unpaired) electrons. The molecule has 2 atom stereocenters. The summed E-state index contributed by atoms with van der Waals surface area (Å²) in [6, 6.07) is 1.19. The Morgan fingerprint density at radius 2 is 1.95 bits per heavy atom. The first-order chi connectivity index (χ1) is 8.99. The summed E-state index contributed by atoms with van der Waals surface area (Å²) in [5, 5.41) is 3.59. The molecule has 0 aromatic rings. The van der Waals surface area contributed by atoms with E-state index in [-0.39, 0.29) is 18.0 Å². The van der Waals surface area contributed by atoms with Crippen molar-refractivity contribution in [3.05, 3.63) is 0 Å². The highest BCUT2D eigenvalue weighted by atomic mass is 16.2. The zero-order valence-corrected chi connectivity index (χ0v) is 12.9. The summed E-state index contributed by atoms with van der Waals surface area (Å²) in [5.74, 6) is 1.04. The van der Waals surface area contributed by atoms with Gasteiger partial charge in [-0.15, -0.1) is 0 Å². The van der Waals surface area contributed by atoms with Crippen LogP contribution in [0.4, 0.5) is 0 Å². The molecule has 4 heteroatoms. The molecule has 2 aliphatic heterocycles. The molecule has 0 aliphatic carbocycles. The van der Waals surface area contributed by atoms with Crippen molar-refractivity contribution < 1.29 is 4.79 Å². The number of carbonyl (C=O) groups excluding carboxylic acids is 1. The lowest BCUT2D eigenvalue weighted by Crippen LogP contribution is -2.47. The maximum Gasteiger partial charge on any atom is 0.237 e. The molecule has 2 saturated heterocycles. The highest BCUT2D eigenvalue weighted by Gasteiger charge is 2.35. The van der Waals surface area contributed by atoms with E-state index in [1.54, 1.807) is 0 Å². The molecule has 110 valence electrons. The Morgan fingerprint density at radius 3 is 2.53 bits per heavy atom. The lowest BCUT2D eigenvalue weighted by Gasteiger charge is -2.32. The molecular weight excluding hydrogens is 238 g/mol. The second-order valence-electron chi connectivity index (χ2n) is 6.65. The van der Waals surface area contributed by atoms with Gasteiger partial charge in [-0.2, -0.15) is 0 Å². The Morgan fingerprint density at radius 1 is 1.26 bits per heavy atom. The van der Waals surface area contributed by atoms with Crippen LogP contribution in [0, 0.1) is 5.92 Å². The number of fused-ring (bicyclic) bond motifs is 1. The van der Waals surface area contributed by atoms with Crippen molar-refractivity contribution in [2.75, 3.05) is 26.2 Å². The summed E-state index contributed by atoms with van der Waals surface area (Å²) < 4.78 is 0. The average Bonchev–Trinajstić information content (AvgIpc) is 2.69. The zero-order chi connectivity index (χ0) is 14.0. The van der Waals surface area contributed by atoms with E-state index in [2.05, 4.69) is 37.9 Å². The molecule has 0 aromatic heterocycles. The summed E-state index contributed by atoms with van der Waals surface area (Å²) in [4.78, 5) is 16.8. The molecule has 0 saturated carbocycles. The van der Waals surface area contributed by atoms with Gasteiger partial charge in [-0.3, -0.25) is 9.69 Å². The molecule has 1 amide bonds. The van der Waals surface area contributed by atoms with E-state index < -0.39 is 0 Å². The third-order valence-electron chi connectivity index (χ3n) is 4.43. The minimum atomic E-state index is 0.281. The summed E-state index contributed by atoms with van der Waals surface area (Å²) in [5.41, 5.74) is 0. The lowest BCUT2D eigenvalue weighted by molar-refractivity contribution is -0.135. The molecule has 0 spiro atoms. The number of amides is 1. The third kappa shape index (κ3) is 3.48. The van der Waals surface area contributed by atoms with E-state index in [1.807, 2.05) is 4.90 Å². The van der Waals surface area contributed by atoms with E-state index in [9.17, 15) is 4.79 Å². The van der Waals surface area contributed by atoms with Gasteiger partial charge in [0.05, 0.1) is 6.54 Å². The number of piperidine rings is 1. The second kappa shape index (κ2) is 6.23. The summed E-state index contributed by atoms with van der Waals surface area (Å²) >= 11 is 0. The number of carbonyl (C=O) groups is 1. The smallest absolute Gasteiger partial charge is 0.237 e. The molecule has 19 heavy (non-hydrogen) atoms. The van der Waals surface area contributed by atoms with Crippen LogP contribution in [0.3, 0.4) is 0 Å². The molecule has 2 fully saturated rings. The molecule has 1 N–H and O–H groups in total. The minimum absolute atomic E-state index is 0.281. The Balaban J connectivity index is 1.89. The quantitative estimate of drug-likeness (QED) is 0.834. The predicted molar refractivity (Wildman–Crippen MR) is 78.1 cm³/mol. The van der Waals surface area contributed by atoms with Crippen LogP contribution < -0.4 is 5.32 Å². The Kier molecular flexibility index (Phi) is 4.85. The minimum Gasteiger partial charge on any atom is -0.337 e. The molecular formula is C15H29N3O. The van der Waals surface area contributed by atoms with Gasteiger partial charge in [0.15, 0.2) is 0 Å². The first-order valence-corrected chi connectivity index (χ1v) is 7.76. The predicted octanol–water partition coefficient (Wildman–Crippen LogP) is 1.32. The maximum absolute atomic E-state index is 12.5. The third-order valence-corrected chi connectivity index (χ3v) is 4.43. The van der Waals surface area contributed by atoms with Gasteiger partial charge in [0.1, 0.15) is 0 Å². The molecule has 0 unspecified atom stereocenters. The van der Waals surface area contributed by atoms with Crippen LogP contribution in [0.2, 0.25) is 0 Å². The molecule has 2 heterocycles. The number of hydrogen-bond acceptors (Lipinski definition) is 3. The van der Waals surface area contributed by atoms with Crippen LogP contribution in [-0.4, -0.2) is 60.0 Å². The number of hydrogen-bond donors (Lipinski definition) is 1. The number of rotatable bonds is 4. The van der Waals surface area contributed by atoms with E-state index in [0.29, 0.717) is 12.6 Å². The maximum atomic E-state index is 12.5. The summed E-state index contributed by atoms with van der Waals surface area (Å²) in [6.07, 6.45) is 2.60. The van der Waals surface area contributed by atoms with Crippen molar-refractivity contribution in [2.24, 2.45) is 5.92 Å². The highest BCUT2D eigenvalue weighted by molar-refractivity contribution is 5.78. The van der Waals surface area contributed by atoms with Gasteiger partial charge in [0.25, 0.3) is 0 Å². The van der Waals surface area contributed by atoms with Gasteiger partial charge in [-0.05, 0) is 53.0 Å². The molecule has 2 rings (SSSR count). The summed E-state index contributed by atoms with van der Waals surface area (Å²) in [6.45, 7) is 12.3. The fourth-order valence-corrected chi connectivity index (χ4v) is 3.71. The van der Waals surface area contributed by atoms with E-state index in [1.165, 1.54) is 12.8 Å². The van der Waals surface area contributed by atoms with Crippen LogP contribution in [0.5, 0.6) is 0 Å². The van der Waals surface area contributed by atoms with E-state index in [4.69, 9.17) is 0 Å². The Hall–Kier alpha value is -0.610. The fraction of sp³-hybridized carbons (Fsp3) is 0.933. The van der Waals surface area contributed by atoms with Gasteiger partial charge >= 0.3 is 0 Å². The SMILES string of the molecule is CC(C)N(C(=O)CN1C[C@@H]2CCCN[C@@H]2C1)C(C)C. The average molecular weight is 267 g/mol. The van der Waals surface area contributed by atoms with Gasteiger partial charge in [0.2, 0.25) is 5.91 Å². The standard InChI is InChI=1S/C15H29N3O/c1-11(2)18(12(3)4)15(19)10-17-8-13-6-5-7-16-14(13)9-17/h11-14,16H,5-10H2,1-4H3/t13-,14+/m0/s1. The van der Waals surface area contributed by atoms with Crippen molar-refractivity contribution in [2.45, 2.75) is 58.7 Å². The number of nitrogens with one attached hydrogen (secondary N) is 1. The van der Waals surface area contributed by atoms with Crippen LogP contribution >= 0.6 is 0 Å². The monoisotopic (exact) mass is 267 g/mol. The van der Waals surface area contributed by atoms with Gasteiger partial charge in [-0.25, -0.2) is 0 Å². The Bertz CT molecular complexity index is 295. The molecule has 2 aliphatic rings. The van der Waals surface area contributed by atoms with Crippen molar-refractivity contribution >= 4 is 5.91 Å². The summed E-state index contributed by atoms with van der Waals surface area (Å²) in [7, 11) is 0. The zero-order valence-electron chi connectivity index (χ0n) is 12.9. The highest BCUT2D eigenvalue weighted by Crippen LogP contribution is 2.24. The first-order valence-electron chi connectivity index (χ1n) is 7.76. The van der Waals surface area contributed by atoms with Gasteiger partial charge < -0.3 is 10.2 Å². The Labute approximate surface area is 117 Å². The first kappa shape index (κ1) is 14.8. The molecule has 0 bridgehead atoms. The van der Waals surface area contributed by atoms with E-state index >= 15 is 0 Å². The normalized spacial score (nSPS) is 27.9. The van der Waals surface area contributed by atoms with Crippen molar-refractivity contribution in [3.63, 3.8) is 0 Å². The lowest BCUT2D eigenvalue weighted by atomic mass is 9.94. The van der Waals surface area contributed by atoms with Crippen LogP contribution in [0.1, 0.15) is 40.5 Å². The number of nitrogens with zero attached hydrogens (tertiary/aromatic N) is 2. The second-order valence-corrected chi connectivity index (χ2v) is 6.65. The molecule has 4 nitrogen and oxygen atoms in total. The topological polar surface area (TPSA) is 35.6 Å². The van der Waals surface area contributed by atoms with Crippen LogP contribution in [0.25, 0.3) is 0 Å². The molecule has 0 aromatic carbocycles. The fourth-order valence-electron chi connectivity index (χ4n) is 3.71. The van der Waals surface area contributed by atoms with E-state index in [0.717, 1.165) is 25.6 Å². The van der Waals surface area contributed by atoms with Crippen molar-refractivity contribution in [1.29, 1.82) is 0 Å².